The van der Waals surface area contributed by atoms with Crippen molar-refractivity contribution in [3.63, 3.8) is 0 Å². The molecular weight excluding hydrogens is 312 g/mol. The quantitative estimate of drug-likeness (QED) is 0.704. The van der Waals surface area contributed by atoms with Gasteiger partial charge in [-0.25, -0.2) is 13.1 Å². The number of rotatable bonds is 9. The molecule has 1 N–H and O–H groups in total. The zero-order valence-corrected chi connectivity index (χ0v) is 14.9. The fourth-order valence-electron chi connectivity index (χ4n) is 2.38. The molecule has 5 nitrogen and oxygen atoms in total. The van der Waals surface area contributed by atoms with Crippen molar-refractivity contribution in [1.82, 2.24) is 9.62 Å². The smallest absolute Gasteiger partial charge is 0.253 e. The van der Waals surface area contributed by atoms with E-state index in [4.69, 9.17) is 0 Å². The molecule has 0 saturated carbocycles. The predicted octanol–water partition coefficient (Wildman–Crippen LogP) is 2.66. The van der Waals surface area contributed by atoms with Crippen LogP contribution in [0.2, 0.25) is 0 Å². The van der Waals surface area contributed by atoms with Gasteiger partial charge in [0.25, 0.3) is 5.91 Å². The Bertz CT molecular complexity index is 624. The molecule has 0 aliphatic heterocycles. The number of carbonyl (C=O) groups is 1. The van der Waals surface area contributed by atoms with E-state index in [1.54, 1.807) is 24.1 Å². The van der Waals surface area contributed by atoms with E-state index in [1.165, 1.54) is 18.2 Å². The lowest BCUT2D eigenvalue weighted by Crippen LogP contribution is -2.31. The minimum atomic E-state index is -3.56. The lowest BCUT2D eigenvalue weighted by Gasteiger charge is -2.21. The third-order valence-corrected chi connectivity index (χ3v) is 4.98. The van der Waals surface area contributed by atoms with Crippen LogP contribution in [0.15, 0.2) is 41.8 Å². The fraction of sp³-hybridized carbons (Fsp3) is 0.471. The summed E-state index contributed by atoms with van der Waals surface area (Å²) in [5.74, 6) is 0.340. The largest absolute Gasteiger partial charge is 0.341 e. The maximum absolute atomic E-state index is 12.4. The summed E-state index contributed by atoms with van der Waals surface area (Å²) in [5.41, 5.74) is 0.485. The van der Waals surface area contributed by atoms with E-state index in [-0.39, 0.29) is 17.3 Å². The Morgan fingerprint density at radius 2 is 1.96 bits per heavy atom. The van der Waals surface area contributed by atoms with E-state index in [2.05, 4.69) is 25.1 Å². The van der Waals surface area contributed by atoms with Gasteiger partial charge in [0.2, 0.25) is 10.0 Å². The fourth-order valence-corrected chi connectivity index (χ4v) is 3.38. The van der Waals surface area contributed by atoms with Crippen molar-refractivity contribution < 1.29 is 13.2 Å². The molecule has 1 amide bonds. The summed E-state index contributed by atoms with van der Waals surface area (Å²) in [7, 11) is -1.79. The lowest BCUT2D eigenvalue weighted by molar-refractivity contribution is 0.0773. The van der Waals surface area contributed by atoms with Crippen LogP contribution >= 0.6 is 0 Å². The maximum atomic E-state index is 12.4. The molecule has 0 radical (unpaired) electrons. The zero-order valence-electron chi connectivity index (χ0n) is 14.1. The Balaban J connectivity index is 2.79. The first-order valence-electron chi connectivity index (χ1n) is 7.78. The molecule has 1 atom stereocenters. The standard InChI is InChI=1S/C17H26N2O3S/c1-5-7-14(3)13-19(4)17(20)15-8-10-16(11-9-15)23(21,22)18-12-6-2/h6,8-11,14,18H,2,5,7,12-13H2,1,3-4H3. The molecule has 1 unspecified atom stereocenters. The average molecular weight is 338 g/mol. The highest BCUT2D eigenvalue weighted by molar-refractivity contribution is 7.89. The second kappa shape index (κ2) is 8.84. The summed E-state index contributed by atoms with van der Waals surface area (Å²) in [4.78, 5) is 14.2. The highest BCUT2D eigenvalue weighted by atomic mass is 32.2. The van der Waals surface area contributed by atoms with Crippen LogP contribution in [0.3, 0.4) is 0 Å². The number of nitrogens with one attached hydrogen (secondary N) is 1. The van der Waals surface area contributed by atoms with E-state index in [1.807, 2.05) is 0 Å². The van der Waals surface area contributed by atoms with Gasteiger partial charge in [0.1, 0.15) is 0 Å². The van der Waals surface area contributed by atoms with Gasteiger partial charge in [-0.15, -0.1) is 6.58 Å². The molecule has 0 saturated heterocycles. The Morgan fingerprint density at radius 3 is 2.48 bits per heavy atom. The Morgan fingerprint density at radius 1 is 1.35 bits per heavy atom. The molecular formula is C17H26N2O3S. The summed E-state index contributed by atoms with van der Waals surface area (Å²) in [6.07, 6.45) is 3.64. The number of sulfonamides is 1. The molecule has 0 spiro atoms. The Hall–Kier alpha value is -1.66. The minimum Gasteiger partial charge on any atom is -0.341 e. The molecule has 0 fully saturated rings. The number of nitrogens with zero attached hydrogens (tertiary/aromatic N) is 1. The van der Waals surface area contributed by atoms with Gasteiger partial charge in [-0.05, 0) is 36.6 Å². The predicted molar refractivity (Wildman–Crippen MR) is 92.9 cm³/mol. The van der Waals surface area contributed by atoms with Gasteiger partial charge in [-0.1, -0.05) is 26.3 Å². The number of hydrogen-bond donors (Lipinski definition) is 1. The molecule has 23 heavy (non-hydrogen) atoms. The van der Waals surface area contributed by atoms with Gasteiger partial charge in [0.15, 0.2) is 0 Å². The molecule has 128 valence electrons. The van der Waals surface area contributed by atoms with E-state index in [0.717, 1.165) is 12.8 Å². The van der Waals surface area contributed by atoms with E-state index < -0.39 is 10.0 Å². The minimum absolute atomic E-state index is 0.101. The molecule has 0 bridgehead atoms. The topological polar surface area (TPSA) is 66.5 Å². The summed E-state index contributed by atoms with van der Waals surface area (Å²) in [5, 5.41) is 0. The number of amides is 1. The van der Waals surface area contributed by atoms with Crippen molar-refractivity contribution >= 4 is 15.9 Å². The van der Waals surface area contributed by atoms with Gasteiger partial charge in [0, 0.05) is 25.7 Å². The van der Waals surface area contributed by atoms with E-state index in [9.17, 15) is 13.2 Å². The third kappa shape index (κ3) is 5.80. The van der Waals surface area contributed by atoms with Gasteiger partial charge in [0.05, 0.1) is 4.90 Å². The van der Waals surface area contributed by atoms with Gasteiger partial charge < -0.3 is 4.90 Å². The van der Waals surface area contributed by atoms with Gasteiger partial charge in [-0.3, -0.25) is 4.79 Å². The Kier molecular flexibility index (Phi) is 7.45. The van der Waals surface area contributed by atoms with Crippen LogP contribution < -0.4 is 4.72 Å². The van der Waals surface area contributed by atoms with Crippen LogP contribution in [0.25, 0.3) is 0 Å². The summed E-state index contributed by atoms with van der Waals surface area (Å²) >= 11 is 0. The average Bonchev–Trinajstić information content (AvgIpc) is 2.52. The first kappa shape index (κ1) is 19.4. The molecule has 1 aromatic carbocycles. The number of benzene rings is 1. The van der Waals surface area contributed by atoms with E-state index >= 15 is 0 Å². The van der Waals surface area contributed by atoms with Crippen LogP contribution in [-0.4, -0.2) is 39.4 Å². The van der Waals surface area contributed by atoms with Crippen molar-refractivity contribution in [3.05, 3.63) is 42.5 Å². The molecule has 0 aromatic heterocycles. The van der Waals surface area contributed by atoms with Crippen molar-refractivity contribution in [2.24, 2.45) is 5.92 Å². The first-order valence-corrected chi connectivity index (χ1v) is 9.26. The van der Waals surface area contributed by atoms with E-state index in [0.29, 0.717) is 18.0 Å². The molecule has 1 aromatic rings. The monoisotopic (exact) mass is 338 g/mol. The normalized spacial score (nSPS) is 12.7. The van der Waals surface area contributed by atoms with Crippen LogP contribution in [0.4, 0.5) is 0 Å². The zero-order chi connectivity index (χ0) is 17.5. The Labute approximate surface area is 139 Å². The SMILES string of the molecule is C=CCNS(=O)(=O)c1ccc(C(=O)N(C)CC(C)CCC)cc1. The molecule has 1 rings (SSSR count). The maximum Gasteiger partial charge on any atom is 0.253 e. The highest BCUT2D eigenvalue weighted by Crippen LogP contribution is 2.13. The highest BCUT2D eigenvalue weighted by Gasteiger charge is 2.17. The molecule has 0 heterocycles. The first-order chi connectivity index (χ1) is 10.8. The second-order valence-corrected chi connectivity index (χ2v) is 7.51. The van der Waals surface area contributed by atoms with Crippen molar-refractivity contribution in [3.8, 4) is 0 Å². The third-order valence-electron chi connectivity index (χ3n) is 3.54. The summed E-state index contributed by atoms with van der Waals surface area (Å²) in [6.45, 7) is 8.57. The summed E-state index contributed by atoms with van der Waals surface area (Å²) < 4.78 is 26.3. The summed E-state index contributed by atoms with van der Waals surface area (Å²) in [6, 6.07) is 5.99. The lowest BCUT2D eigenvalue weighted by atomic mass is 10.1. The van der Waals surface area contributed by atoms with Crippen LogP contribution in [0, 0.1) is 5.92 Å². The molecule has 6 heteroatoms. The van der Waals surface area contributed by atoms with Crippen LogP contribution in [0.5, 0.6) is 0 Å². The number of carbonyl (C=O) groups excluding carboxylic acids is 1. The molecule has 0 aliphatic carbocycles. The van der Waals surface area contributed by atoms with Gasteiger partial charge >= 0.3 is 0 Å². The van der Waals surface area contributed by atoms with Crippen molar-refractivity contribution in [1.29, 1.82) is 0 Å². The van der Waals surface area contributed by atoms with Gasteiger partial charge in [-0.2, -0.15) is 0 Å². The molecule has 0 aliphatic rings. The van der Waals surface area contributed by atoms with Crippen molar-refractivity contribution in [2.75, 3.05) is 20.1 Å². The van der Waals surface area contributed by atoms with Crippen LogP contribution in [-0.2, 0) is 10.0 Å². The number of hydrogen-bond acceptors (Lipinski definition) is 3. The second-order valence-electron chi connectivity index (χ2n) is 5.74. The van der Waals surface area contributed by atoms with Crippen molar-refractivity contribution in [2.45, 2.75) is 31.6 Å². The van der Waals surface area contributed by atoms with Crippen LogP contribution in [0.1, 0.15) is 37.0 Å².